The fourth-order valence-electron chi connectivity index (χ4n) is 2.19. The molecule has 1 aromatic carbocycles. The first-order chi connectivity index (χ1) is 12.2. The molecule has 8 heteroatoms. The van der Waals surface area contributed by atoms with Crippen molar-refractivity contribution in [3.05, 3.63) is 35.2 Å². The van der Waals surface area contributed by atoms with Gasteiger partial charge in [-0.25, -0.2) is 9.97 Å². The Morgan fingerprint density at radius 1 is 1.04 bits per heavy atom. The van der Waals surface area contributed by atoms with Crippen LogP contribution in [0, 0.1) is 0 Å². The van der Waals surface area contributed by atoms with E-state index in [1.54, 1.807) is 12.1 Å². The molecule has 0 atom stereocenters. The van der Waals surface area contributed by atoms with Crippen LogP contribution in [0.15, 0.2) is 18.2 Å². The van der Waals surface area contributed by atoms with Crippen molar-refractivity contribution < 1.29 is 14.3 Å². The number of ether oxygens (including phenoxy) is 2. The fraction of sp³-hybridized carbons (Fsp3) is 0.471. The van der Waals surface area contributed by atoms with Gasteiger partial charge in [0.25, 0.3) is 5.91 Å². The zero-order valence-electron chi connectivity index (χ0n) is 14.1. The monoisotopic (exact) mass is 473 g/mol. The summed E-state index contributed by atoms with van der Waals surface area (Å²) >= 11 is 6.84. The Labute approximate surface area is 164 Å². The second-order valence-corrected chi connectivity index (χ2v) is 6.27. The molecule has 0 spiro atoms. The van der Waals surface area contributed by atoms with Crippen LogP contribution in [0.3, 0.4) is 0 Å². The summed E-state index contributed by atoms with van der Waals surface area (Å²) in [5.74, 6) is -0.151. The van der Waals surface area contributed by atoms with Gasteiger partial charge in [0.2, 0.25) is 0 Å². The average Bonchev–Trinajstić information content (AvgIpc) is 2.65. The lowest BCUT2D eigenvalue weighted by atomic mass is 10.1. The average molecular weight is 475 g/mol. The molecule has 0 unspecified atom stereocenters. The first-order valence-corrected chi connectivity index (χ1v) is 10.3. The predicted molar refractivity (Wildman–Crippen MR) is 104 cm³/mol. The zero-order chi connectivity index (χ0) is 18.1. The molecule has 0 fully saturated rings. The van der Waals surface area contributed by atoms with Crippen LogP contribution >= 0.6 is 31.9 Å². The van der Waals surface area contributed by atoms with Crippen molar-refractivity contribution in [1.29, 1.82) is 0 Å². The van der Waals surface area contributed by atoms with Crippen molar-refractivity contribution in [2.24, 2.45) is 0 Å². The van der Waals surface area contributed by atoms with Gasteiger partial charge in [-0.2, -0.15) is 0 Å². The summed E-state index contributed by atoms with van der Waals surface area (Å²) < 4.78 is 10.6. The number of aromatic nitrogens is 2. The van der Waals surface area contributed by atoms with E-state index in [-0.39, 0.29) is 5.91 Å². The van der Waals surface area contributed by atoms with Gasteiger partial charge in [-0.15, -0.1) is 0 Å². The number of carbonyl (C=O) groups excluding carboxylic acids is 1. The van der Waals surface area contributed by atoms with E-state index in [4.69, 9.17) is 9.47 Å². The zero-order valence-corrected chi connectivity index (χ0v) is 17.2. The van der Waals surface area contributed by atoms with Crippen molar-refractivity contribution in [3.63, 3.8) is 0 Å². The summed E-state index contributed by atoms with van der Waals surface area (Å²) in [7, 11) is 0. The third-order valence-corrected chi connectivity index (χ3v) is 4.51. The maximum Gasteiger partial charge on any atom is 0.251 e. The maximum absolute atomic E-state index is 12.2. The first kappa shape index (κ1) is 20.2. The number of nitrogens with one attached hydrogen (secondary N) is 1. The Balaban J connectivity index is 1.95. The molecule has 0 saturated heterocycles. The molecule has 6 nitrogen and oxygen atoms in total. The Bertz CT molecular complexity index is 713. The van der Waals surface area contributed by atoms with E-state index < -0.39 is 0 Å². The Morgan fingerprint density at radius 3 is 2.40 bits per heavy atom. The van der Waals surface area contributed by atoms with Crippen LogP contribution in [0.2, 0.25) is 0 Å². The summed E-state index contributed by atoms with van der Waals surface area (Å²) in [5.41, 5.74) is 3.80. The Morgan fingerprint density at radius 2 is 1.72 bits per heavy atom. The molecule has 1 amide bonds. The molecular formula is C17H21Br2N3O3. The molecule has 1 N–H and O–H groups in total. The van der Waals surface area contributed by atoms with Gasteiger partial charge in [0.1, 0.15) is 0 Å². The van der Waals surface area contributed by atoms with Crippen LogP contribution in [-0.2, 0) is 20.1 Å². The molecule has 0 bridgehead atoms. The molecule has 1 aromatic heterocycles. The molecule has 0 aliphatic carbocycles. The van der Waals surface area contributed by atoms with Gasteiger partial charge in [-0.05, 0) is 25.1 Å². The van der Waals surface area contributed by atoms with E-state index in [9.17, 15) is 4.79 Å². The van der Waals surface area contributed by atoms with Crippen molar-refractivity contribution in [3.8, 4) is 0 Å². The lowest BCUT2D eigenvalue weighted by molar-refractivity contribution is 0.0531. The number of alkyl halides is 2. The molecule has 136 valence electrons. The van der Waals surface area contributed by atoms with Gasteiger partial charge in [0.15, 0.2) is 0 Å². The number of amides is 1. The first-order valence-electron chi connectivity index (χ1n) is 8.04. The van der Waals surface area contributed by atoms with Crippen molar-refractivity contribution in [2.45, 2.75) is 17.6 Å². The molecule has 0 aliphatic rings. The largest absolute Gasteiger partial charge is 0.379 e. The number of fused-ring (bicyclic) bond motifs is 1. The van der Waals surface area contributed by atoms with Crippen molar-refractivity contribution in [2.75, 3.05) is 33.0 Å². The highest BCUT2D eigenvalue weighted by Crippen LogP contribution is 2.18. The highest BCUT2D eigenvalue weighted by Gasteiger charge is 2.10. The minimum Gasteiger partial charge on any atom is -0.379 e. The number of rotatable bonds is 10. The fourth-order valence-corrected chi connectivity index (χ4v) is 3.08. The second kappa shape index (κ2) is 10.8. The third kappa shape index (κ3) is 5.99. The standard InChI is InChI=1S/C17H21Br2N3O3/c1-2-24-7-8-25-6-5-20-17(23)12-3-4-13-14(9-12)22-16(11-19)15(10-18)21-13/h3-4,9H,2,5-8,10-11H2,1H3,(H,20,23). The SMILES string of the molecule is CCOCCOCCNC(=O)c1ccc2nc(CBr)c(CBr)nc2c1. The molecule has 2 aromatic rings. The number of benzene rings is 1. The smallest absolute Gasteiger partial charge is 0.251 e. The van der Waals surface area contributed by atoms with E-state index >= 15 is 0 Å². The predicted octanol–water partition coefficient (Wildman–Crippen LogP) is 3.20. The van der Waals surface area contributed by atoms with E-state index in [0.717, 1.165) is 16.9 Å². The molecule has 0 radical (unpaired) electrons. The number of nitrogens with zero attached hydrogens (tertiary/aromatic N) is 2. The van der Waals surface area contributed by atoms with Crippen LogP contribution in [0.25, 0.3) is 11.0 Å². The normalized spacial score (nSPS) is 11.0. The molecule has 0 saturated carbocycles. The van der Waals surface area contributed by atoms with Crippen LogP contribution in [-0.4, -0.2) is 48.8 Å². The lowest BCUT2D eigenvalue weighted by Gasteiger charge is -2.09. The minimum atomic E-state index is -0.151. The van der Waals surface area contributed by atoms with E-state index in [1.807, 2.05) is 13.0 Å². The number of carbonyl (C=O) groups is 1. The number of hydrogen-bond donors (Lipinski definition) is 1. The summed E-state index contributed by atoms with van der Waals surface area (Å²) in [6.07, 6.45) is 0. The summed E-state index contributed by atoms with van der Waals surface area (Å²) in [6, 6.07) is 5.34. The molecule has 25 heavy (non-hydrogen) atoms. The molecular weight excluding hydrogens is 454 g/mol. The van der Waals surface area contributed by atoms with E-state index in [0.29, 0.717) is 54.7 Å². The molecule has 1 heterocycles. The van der Waals surface area contributed by atoms with Gasteiger partial charge in [0, 0.05) is 29.4 Å². The van der Waals surface area contributed by atoms with Crippen LogP contribution in [0.1, 0.15) is 28.7 Å². The lowest BCUT2D eigenvalue weighted by Crippen LogP contribution is -2.27. The van der Waals surface area contributed by atoms with E-state index in [2.05, 4.69) is 47.1 Å². The third-order valence-electron chi connectivity index (χ3n) is 3.44. The van der Waals surface area contributed by atoms with Crippen LogP contribution in [0.5, 0.6) is 0 Å². The Hall–Kier alpha value is -1.09. The second-order valence-electron chi connectivity index (χ2n) is 5.15. The van der Waals surface area contributed by atoms with Crippen LogP contribution < -0.4 is 5.32 Å². The van der Waals surface area contributed by atoms with Crippen molar-refractivity contribution >= 4 is 48.8 Å². The number of halogens is 2. The van der Waals surface area contributed by atoms with Crippen LogP contribution in [0.4, 0.5) is 0 Å². The highest BCUT2D eigenvalue weighted by atomic mass is 79.9. The maximum atomic E-state index is 12.2. The summed E-state index contributed by atoms with van der Waals surface area (Å²) in [4.78, 5) is 21.4. The summed E-state index contributed by atoms with van der Waals surface area (Å²) in [6.45, 7) is 4.62. The van der Waals surface area contributed by atoms with E-state index in [1.165, 1.54) is 0 Å². The number of hydrogen-bond acceptors (Lipinski definition) is 5. The van der Waals surface area contributed by atoms with Gasteiger partial charge in [0.05, 0.1) is 42.2 Å². The molecule has 2 rings (SSSR count). The van der Waals surface area contributed by atoms with Gasteiger partial charge >= 0.3 is 0 Å². The molecule has 0 aliphatic heterocycles. The topological polar surface area (TPSA) is 73.3 Å². The van der Waals surface area contributed by atoms with Crippen molar-refractivity contribution in [1.82, 2.24) is 15.3 Å². The quantitative estimate of drug-likeness (QED) is 0.422. The summed E-state index contributed by atoms with van der Waals surface area (Å²) in [5, 5.41) is 4.09. The van der Waals surface area contributed by atoms with Gasteiger partial charge < -0.3 is 14.8 Å². The highest BCUT2D eigenvalue weighted by molar-refractivity contribution is 9.09. The van der Waals surface area contributed by atoms with Gasteiger partial charge in [-0.1, -0.05) is 31.9 Å². The Kier molecular flexibility index (Phi) is 8.74. The van der Waals surface area contributed by atoms with Gasteiger partial charge in [-0.3, -0.25) is 4.79 Å². The minimum absolute atomic E-state index is 0.151.